The number of aromatic nitrogens is 2. The molecule has 10 heteroatoms. The average Bonchev–Trinajstić information content (AvgIpc) is 3.31. The van der Waals surface area contributed by atoms with Crippen LogP contribution in [-0.2, 0) is 27.0 Å². The zero-order valence-corrected chi connectivity index (χ0v) is 16.0. The number of carbonyl (C=O) groups excluding carboxylic acids is 1. The second kappa shape index (κ2) is 8.73. The first-order valence-corrected chi connectivity index (χ1v) is 9.09. The van der Waals surface area contributed by atoms with Crippen molar-refractivity contribution in [3.63, 3.8) is 0 Å². The van der Waals surface area contributed by atoms with E-state index in [-0.39, 0.29) is 12.3 Å². The van der Waals surface area contributed by atoms with E-state index in [0.29, 0.717) is 30.1 Å². The zero-order valence-electron chi connectivity index (χ0n) is 16.0. The summed E-state index contributed by atoms with van der Waals surface area (Å²) in [6, 6.07) is 5.57. The molecule has 2 heterocycles. The molecule has 1 aliphatic heterocycles. The van der Waals surface area contributed by atoms with E-state index in [1.54, 1.807) is 25.1 Å². The van der Waals surface area contributed by atoms with Gasteiger partial charge >= 0.3 is 12.1 Å². The lowest BCUT2D eigenvalue weighted by Crippen LogP contribution is -2.16. The number of halogens is 3. The lowest BCUT2D eigenvalue weighted by molar-refractivity contribution is -0.146. The molecular formula is C19H21F3N2O5. The van der Waals surface area contributed by atoms with Crippen LogP contribution in [-0.4, -0.2) is 42.4 Å². The Morgan fingerprint density at radius 2 is 2.10 bits per heavy atom. The largest absolute Gasteiger partial charge is 0.493 e. The van der Waals surface area contributed by atoms with Gasteiger partial charge in [-0.05, 0) is 37.6 Å². The summed E-state index contributed by atoms with van der Waals surface area (Å²) in [5.41, 5.74) is -0.620. The smallest absolute Gasteiger partial charge is 0.435 e. The molecule has 1 fully saturated rings. The molecule has 0 N–H and O–H groups in total. The zero-order chi connectivity index (χ0) is 21.0. The second-order valence-corrected chi connectivity index (χ2v) is 6.30. The van der Waals surface area contributed by atoms with E-state index in [2.05, 4.69) is 5.10 Å². The lowest BCUT2D eigenvalue weighted by atomic mass is 10.1. The predicted octanol–water partition coefficient (Wildman–Crippen LogP) is 3.66. The number of benzene rings is 1. The van der Waals surface area contributed by atoms with E-state index < -0.39 is 30.7 Å². The SMILES string of the molecule is CCOC(=O)Cn1nc(C(F)(F)F)cc1-c1ccc(OC)c(O[C@H]2CCCO2)c1. The van der Waals surface area contributed by atoms with Crippen LogP contribution in [0, 0.1) is 0 Å². The van der Waals surface area contributed by atoms with Gasteiger partial charge in [0.1, 0.15) is 6.54 Å². The second-order valence-electron chi connectivity index (χ2n) is 6.30. The van der Waals surface area contributed by atoms with Gasteiger partial charge in [-0.1, -0.05) is 0 Å². The van der Waals surface area contributed by atoms with Crippen LogP contribution in [0.5, 0.6) is 11.5 Å². The predicted molar refractivity (Wildman–Crippen MR) is 95.5 cm³/mol. The van der Waals surface area contributed by atoms with Crippen LogP contribution < -0.4 is 9.47 Å². The van der Waals surface area contributed by atoms with Gasteiger partial charge in [-0.15, -0.1) is 0 Å². The van der Waals surface area contributed by atoms with Crippen LogP contribution in [0.2, 0.25) is 0 Å². The fraction of sp³-hybridized carbons (Fsp3) is 0.474. The Kier molecular flexibility index (Phi) is 6.31. The highest BCUT2D eigenvalue weighted by Crippen LogP contribution is 2.37. The topological polar surface area (TPSA) is 71.8 Å². The van der Waals surface area contributed by atoms with Gasteiger partial charge in [0.05, 0.1) is 26.0 Å². The van der Waals surface area contributed by atoms with Crippen molar-refractivity contribution in [3.8, 4) is 22.8 Å². The van der Waals surface area contributed by atoms with Gasteiger partial charge in [-0.3, -0.25) is 9.48 Å². The Morgan fingerprint density at radius 1 is 1.31 bits per heavy atom. The van der Waals surface area contributed by atoms with E-state index in [1.165, 1.54) is 7.11 Å². The maximum absolute atomic E-state index is 13.2. The summed E-state index contributed by atoms with van der Waals surface area (Å²) in [5.74, 6) is 0.0565. The summed E-state index contributed by atoms with van der Waals surface area (Å²) in [6.45, 7) is 1.85. The molecule has 1 aromatic heterocycles. The number of methoxy groups -OCH3 is 1. The van der Waals surface area contributed by atoms with E-state index in [4.69, 9.17) is 18.9 Å². The molecule has 1 aromatic carbocycles. The highest BCUT2D eigenvalue weighted by molar-refractivity contribution is 5.71. The molecular weight excluding hydrogens is 393 g/mol. The normalized spacial score (nSPS) is 16.7. The Balaban J connectivity index is 1.99. The molecule has 0 radical (unpaired) electrons. The van der Waals surface area contributed by atoms with Gasteiger partial charge < -0.3 is 18.9 Å². The van der Waals surface area contributed by atoms with Crippen molar-refractivity contribution in [2.24, 2.45) is 0 Å². The molecule has 0 unspecified atom stereocenters. The third kappa shape index (κ3) is 5.00. The number of nitrogens with zero attached hydrogens (tertiary/aromatic N) is 2. The summed E-state index contributed by atoms with van der Waals surface area (Å²) >= 11 is 0. The van der Waals surface area contributed by atoms with Crippen molar-refractivity contribution in [1.82, 2.24) is 9.78 Å². The minimum absolute atomic E-state index is 0.102. The maximum atomic E-state index is 13.2. The number of rotatable bonds is 7. The Morgan fingerprint density at radius 3 is 2.72 bits per heavy atom. The van der Waals surface area contributed by atoms with Crippen LogP contribution in [0.1, 0.15) is 25.5 Å². The number of alkyl halides is 3. The molecule has 1 aliphatic rings. The number of esters is 1. The Labute approximate surface area is 165 Å². The number of hydrogen-bond donors (Lipinski definition) is 0. The molecule has 0 spiro atoms. The molecule has 0 aliphatic carbocycles. The van der Waals surface area contributed by atoms with Crippen LogP contribution in [0.15, 0.2) is 24.3 Å². The van der Waals surface area contributed by atoms with E-state index >= 15 is 0 Å². The lowest BCUT2D eigenvalue weighted by Gasteiger charge is -2.16. The van der Waals surface area contributed by atoms with Crippen LogP contribution in [0.3, 0.4) is 0 Å². The molecule has 0 amide bonds. The first-order chi connectivity index (χ1) is 13.8. The summed E-state index contributed by atoms with van der Waals surface area (Å²) in [4.78, 5) is 11.8. The van der Waals surface area contributed by atoms with Crippen molar-refractivity contribution in [2.45, 2.75) is 38.8 Å². The number of ether oxygens (including phenoxy) is 4. The third-order valence-electron chi connectivity index (χ3n) is 4.26. The highest BCUT2D eigenvalue weighted by atomic mass is 19.4. The standard InChI is InChI=1S/C19H21F3N2O5/c1-3-27-17(25)11-24-13(10-16(23-24)19(20,21)22)12-6-7-14(26-2)15(9-12)29-18-5-4-8-28-18/h6-7,9-10,18H,3-5,8,11H2,1-2H3/t18-/m0/s1. The molecule has 1 atom stereocenters. The van der Waals surface area contributed by atoms with Gasteiger partial charge in [0.25, 0.3) is 0 Å². The molecule has 3 rings (SSSR count). The van der Waals surface area contributed by atoms with Crippen LogP contribution >= 0.6 is 0 Å². The van der Waals surface area contributed by atoms with Gasteiger partial charge in [0.2, 0.25) is 0 Å². The average molecular weight is 414 g/mol. The highest BCUT2D eigenvalue weighted by Gasteiger charge is 2.35. The Hall–Kier alpha value is -2.75. The van der Waals surface area contributed by atoms with E-state index in [9.17, 15) is 18.0 Å². The number of carbonyl (C=O) groups is 1. The van der Waals surface area contributed by atoms with Crippen molar-refractivity contribution >= 4 is 5.97 Å². The molecule has 2 aromatic rings. The number of hydrogen-bond acceptors (Lipinski definition) is 6. The van der Waals surface area contributed by atoms with Gasteiger partial charge in [-0.25, -0.2) is 0 Å². The first kappa shape index (κ1) is 21.0. The van der Waals surface area contributed by atoms with E-state index in [0.717, 1.165) is 17.2 Å². The van der Waals surface area contributed by atoms with Crippen LogP contribution in [0.25, 0.3) is 11.3 Å². The Bertz CT molecular complexity index is 860. The fourth-order valence-electron chi connectivity index (χ4n) is 2.95. The summed E-state index contributed by atoms with van der Waals surface area (Å²) in [6.07, 6.45) is -3.55. The summed E-state index contributed by atoms with van der Waals surface area (Å²) < 4.78 is 61.9. The van der Waals surface area contributed by atoms with Gasteiger partial charge in [-0.2, -0.15) is 18.3 Å². The van der Waals surface area contributed by atoms with E-state index in [1.807, 2.05) is 0 Å². The van der Waals surface area contributed by atoms with Crippen molar-refractivity contribution in [1.29, 1.82) is 0 Å². The van der Waals surface area contributed by atoms with Crippen molar-refractivity contribution in [3.05, 3.63) is 30.0 Å². The molecule has 1 saturated heterocycles. The molecule has 0 saturated carbocycles. The molecule has 0 bridgehead atoms. The maximum Gasteiger partial charge on any atom is 0.435 e. The minimum Gasteiger partial charge on any atom is -0.493 e. The molecule has 7 nitrogen and oxygen atoms in total. The first-order valence-electron chi connectivity index (χ1n) is 9.09. The monoisotopic (exact) mass is 414 g/mol. The quantitative estimate of drug-likeness (QED) is 0.644. The van der Waals surface area contributed by atoms with Crippen LogP contribution in [0.4, 0.5) is 13.2 Å². The fourth-order valence-corrected chi connectivity index (χ4v) is 2.95. The molecule has 29 heavy (non-hydrogen) atoms. The van der Waals surface area contributed by atoms with Gasteiger partial charge in [0, 0.05) is 12.0 Å². The van der Waals surface area contributed by atoms with Crippen molar-refractivity contribution < 1.29 is 36.9 Å². The summed E-state index contributed by atoms with van der Waals surface area (Å²) in [7, 11) is 1.46. The summed E-state index contributed by atoms with van der Waals surface area (Å²) in [5, 5.41) is 3.55. The minimum atomic E-state index is -4.65. The third-order valence-corrected chi connectivity index (χ3v) is 4.26. The molecule has 158 valence electrons. The van der Waals surface area contributed by atoms with Crippen molar-refractivity contribution in [2.75, 3.05) is 20.3 Å². The van der Waals surface area contributed by atoms with Gasteiger partial charge in [0.15, 0.2) is 23.5 Å².